The molecule has 1 heterocycles. The van der Waals surface area contributed by atoms with E-state index in [-0.39, 0.29) is 5.11 Å². The molecule has 2 fully saturated rings. The number of nitrogens with zero attached hydrogens (tertiary/aromatic N) is 1. The van der Waals surface area contributed by atoms with Crippen molar-refractivity contribution in [1.29, 1.82) is 0 Å². The lowest BCUT2D eigenvalue weighted by Crippen LogP contribution is -2.55. The van der Waals surface area contributed by atoms with Crippen molar-refractivity contribution in [2.45, 2.75) is 32.9 Å². The topological polar surface area (TPSA) is 61.5 Å². The van der Waals surface area contributed by atoms with Crippen LogP contribution in [0, 0.1) is 17.3 Å². The van der Waals surface area contributed by atoms with Gasteiger partial charge in [-0.15, -0.1) is 0 Å². The average molecular weight is 239 g/mol. The smallest absolute Gasteiger partial charge is 0.188 e. The Kier molecular flexibility index (Phi) is 1.64. The van der Waals surface area contributed by atoms with Crippen molar-refractivity contribution in [3.8, 4) is 0 Å². The van der Waals surface area contributed by atoms with E-state index in [1.54, 1.807) is 0 Å². The number of nitrogens with two attached hydrogens (primary N) is 1. The third-order valence-corrected chi connectivity index (χ3v) is 4.75. The summed E-state index contributed by atoms with van der Waals surface area (Å²) in [5.74, 6) is 1.03. The molecule has 3 unspecified atom stereocenters. The summed E-state index contributed by atoms with van der Waals surface area (Å²) < 4.78 is 0. The molecule has 0 aromatic rings. The predicted octanol–water partition coefficient (Wildman–Crippen LogP) is 0.689. The van der Waals surface area contributed by atoms with Gasteiger partial charge in [-0.25, -0.2) is 5.01 Å². The fraction of sp³-hybridized carbons (Fsp3) is 0.727. The quantitative estimate of drug-likeness (QED) is 0.543. The van der Waals surface area contributed by atoms with Gasteiger partial charge in [-0.3, -0.25) is 5.43 Å². The van der Waals surface area contributed by atoms with Gasteiger partial charge in [-0.05, 0) is 36.4 Å². The first-order chi connectivity index (χ1) is 7.30. The Labute approximate surface area is 100 Å². The van der Waals surface area contributed by atoms with Crippen molar-refractivity contribution in [3.05, 3.63) is 11.3 Å². The molecule has 16 heavy (non-hydrogen) atoms. The lowest BCUT2D eigenvalue weighted by Gasteiger charge is -2.34. The van der Waals surface area contributed by atoms with Crippen LogP contribution in [0.3, 0.4) is 0 Å². The van der Waals surface area contributed by atoms with Gasteiger partial charge in [0.15, 0.2) is 10.8 Å². The average Bonchev–Trinajstić information content (AvgIpc) is 2.51. The lowest BCUT2D eigenvalue weighted by atomic mass is 9.91. The van der Waals surface area contributed by atoms with Crippen molar-refractivity contribution < 1.29 is 5.11 Å². The Bertz CT molecular complexity index is 431. The number of fused-ring (bicyclic) bond motifs is 3. The summed E-state index contributed by atoms with van der Waals surface area (Å²) in [5.41, 5.74) is 10.2. The number of allylic oxidation sites excluding steroid dienone is 1. The highest BCUT2D eigenvalue weighted by Crippen LogP contribution is 2.73. The summed E-state index contributed by atoms with van der Waals surface area (Å²) in [5, 5.41) is 12.4. The zero-order valence-electron chi connectivity index (χ0n) is 9.74. The molecule has 3 atom stereocenters. The molecule has 3 rings (SSSR count). The summed E-state index contributed by atoms with van der Waals surface area (Å²) in [6.07, 6.45) is 0.724. The molecule has 2 aliphatic carbocycles. The van der Waals surface area contributed by atoms with Crippen LogP contribution < -0.4 is 11.2 Å². The van der Waals surface area contributed by atoms with Gasteiger partial charge >= 0.3 is 0 Å². The second-order valence-corrected chi connectivity index (χ2v) is 6.17. The van der Waals surface area contributed by atoms with Gasteiger partial charge < -0.3 is 10.8 Å². The molecule has 0 aromatic heterocycles. The molecule has 88 valence electrons. The zero-order chi connectivity index (χ0) is 11.9. The highest BCUT2D eigenvalue weighted by atomic mass is 32.1. The first-order valence-electron chi connectivity index (χ1n) is 5.60. The zero-order valence-corrected chi connectivity index (χ0v) is 10.6. The lowest BCUT2D eigenvalue weighted by molar-refractivity contribution is -0.0452. The number of rotatable bonds is 0. The number of hydrazine groups is 1. The number of nitrogens with one attached hydrogen (secondary N) is 1. The van der Waals surface area contributed by atoms with Crippen LogP contribution >= 0.6 is 12.2 Å². The van der Waals surface area contributed by atoms with Crippen LogP contribution in [0.25, 0.3) is 0 Å². The fourth-order valence-corrected chi connectivity index (χ4v) is 3.86. The molecule has 0 aromatic carbocycles. The molecular formula is C11H17N3OS. The maximum absolute atomic E-state index is 10.7. The minimum absolute atomic E-state index is 0.205. The SMILES string of the molecule is CC1=C2C3C(CC2(O)N(C(N)=S)N1)C3(C)C. The van der Waals surface area contributed by atoms with Crippen molar-refractivity contribution in [2.75, 3.05) is 0 Å². The van der Waals surface area contributed by atoms with E-state index >= 15 is 0 Å². The fourth-order valence-electron chi connectivity index (χ4n) is 3.67. The Morgan fingerprint density at radius 2 is 2.25 bits per heavy atom. The van der Waals surface area contributed by atoms with Crippen LogP contribution in [0.5, 0.6) is 0 Å². The summed E-state index contributed by atoms with van der Waals surface area (Å²) in [4.78, 5) is 0. The van der Waals surface area contributed by atoms with Gasteiger partial charge in [-0.2, -0.15) is 0 Å². The first-order valence-corrected chi connectivity index (χ1v) is 6.01. The van der Waals surface area contributed by atoms with E-state index in [9.17, 15) is 5.11 Å². The summed E-state index contributed by atoms with van der Waals surface area (Å²) in [7, 11) is 0. The van der Waals surface area contributed by atoms with Crippen LogP contribution in [-0.2, 0) is 0 Å². The summed E-state index contributed by atoms with van der Waals surface area (Å²) in [6.45, 7) is 6.49. The van der Waals surface area contributed by atoms with Crippen LogP contribution in [0.2, 0.25) is 0 Å². The Balaban J connectivity index is 2.03. The molecule has 4 nitrogen and oxygen atoms in total. The number of aliphatic hydroxyl groups is 1. The molecule has 5 heteroatoms. The van der Waals surface area contributed by atoms with E-state index in [2.05, 4.69) is 19.3 Å². The van der Waals surface area contributed by atoms with Crippen LogP contribution in [0.15, 0.2) is 11.3 Å². The molecule has 3 aliphatic rings. The highest BCUT2D eigenvalue weighted by Gasteiger charge is 2.73. The van der Waals surface area contributed by atoms with Crippen molar-refractivity contribution >= 4 is 17.3 Å². The minimum atomic E-state index is -0.971. The van der Waals surface area contributed by atoms with Crippen molar-refractivity contribution in [1.82, 2.24) is 10.4 Å². The summed E-state index contributed by atoms with van der Waals surface area (Å²) >= 11 is 4.97. The summed E-state index contributed by atoms with van der Waals surface area (Å²) in [6, 6.07) is 0. The van der Waals surface area contributed by atoms with E-state index in [1.165, 1.54) is 5.01 Å². The predicted molar refractivity (Wildman–Crippen MR) is 64.8 cm³/mol. The maximum atomic E-state index is 10.7. The van der Waals surface area contributed by atoms with Crippen molar-refractivity contribution in [3.63, 3.8) is 0 Å². The Morgan fingerprint density at radius 1 is 1.62 bits per heavy atom. The van der Waals surface area contributed by atoms with E-state index in [0.29, 0.717) is 17.3 Å². The van der Waals surface area contributed by atoms with E-state index < -0.39 is 5.72 Å². The van der Waals surface area contributed by atoms with Gasteiger partial charge in [0.05, 0.1) is 0 Å². The van der Waals surface area contributed by atoms with Crippen LogP contribution in [-0.4, -0.2) is 21.0 Å². The van der Waals surface area contributed by atoms with Crippen LogP contribution in [0.4, 0.5) is 0 Å². The van der Waals surface area contributed by atoms with Crippen LogP contribution in [0.1, 0.15) is 27.2 Å². The van der Waals surface area contributed by atoms with Gasteiger partial charge in [0.1, 0.15) is 0 Å². The molecule has 0 radical (unpaired) electrons. The molecule has 4 N–H and O–H groups in total. The molecule has 2 saturated carbocycles. The first kappa shape index (κ1) is 10.4. The Hall–Kier alpha value is -0.810. The molecule has 0 amide bonds. The third-order valence-electron chi connectivity index (χ3n) is 4.57. The maximum Gasteiger partial charge on any atom is 0.188 e. The molecular weight excluding hydrogens is 222 g/mol. The molecule has 0 bridgehead atoms. The van der Waals surface area contributed by atoms with Gasteiger partial charge in [0.25, 0.3) is 0 Å². The Morgan fingerprint density at radius 3 is 2.81 bits per heavy atom. The molecule has 0 saturated heterocycles. The van der Waals surface area contributed by atoms with Gasteiger partial charge in [0.2, 0.25) is 0 Å². The second kappa shape index (κ2) is 2.54. The molecule has 1 aliphatic heterocycles. The number of thiocarbonyl (C=S) groups is 1. The van der Waals surface area contributed by atoms with E-state index in [4.69, 9.17) is 18.0 Å². The third kappa shape index (κ3) is 0.919. The number of hydrogen-bond donors (Lipinski definition) is 3. The normalized spacial score (nSPS) is 42.9. The largest absolute Gasteiger partial charge is 0.375 e. The monoisotopic (exact) mass is 239 g/mol. The minimum Gasteiger partial charge on any atom is -0.375 e. The van der Waals surface area contributed by atoms with E-state index in [1.807, 2.05) is 6.92 Å². The van der Waals surface area contributed by atoms with Gasteiger partial charge in [-0.1, -0.05) is 13.8 Å². The number of hydrogen-bond acceptors (Lipinski definition) is 3. The van der Waals surface area contributed by atoms with E-state index in [0.717, 1.165) is 17.7 Å². The standard InChI is InChI=1S/C11H17N3OS/c1-5-7-8-6(10(8,2)3)4-11(7,15)14(13-5)9(12)16/h6,8,13,15H,4H2,1-3H3,(H2,12,16). The van der Waals surface area contributed by atoms with Crippen molar-refractivity contribution in [2.24, 2.45) is 23.0 Å². The second-order valence-electron chi connectivity index (χ2n) is 5.75. The highest BCUT2D eigenvalue weighted by molar-refractivity contribution is 7.80. The van der Waals surface area contributed by atoms with Gasteiger partial charge in [0, 0.05) is 17.7 Å². The molecule has 0 spiro atoms.